The van der Waals surface area contributed by atoms with Crippen LogP contribution in [0.5, 0.6) is 0 Å². The van der Waals surface area contributed by atoms with E-state index in [1.54, 1.807) is 12.4 Å². The molecule has 1 aliphatic rings. The number of rotatable bonds is 3. The van der Waals surface area contributed by atoms with Crippen molar-refractivity contribution in [3.8, 4) is 11.4 Å². The number of carbonyl (C=O) groups is 1. The molecule has 2 aromatic heterocycles. The molecule has 0 radical (unpaired) electrons. The number of likely N-dealkylation sites (tertiary alicyclic amines) is 1. The number of nitrogens with one attached hydrogen (secondary N) is 1. The smallest absolute Gasteiger partial charge is 0.253 e. The fourth-order valence-electron chi connectivity index (χ4n) is 3.55. The van der Waals surface area contributed by atoms with Crippen molar-refractivity contribution in [2.45, 2.75) is 18.8 Å². The van der Waals surface area contributed by atoms with E-state index in [1.807, 2.05) is 48.6 Å². The van der Waals surface area contributed by atoms with Gasteiger partial charge in [-0.1, -0.05) is 12.1 Å². The standard InChI is InChI=1S/C19H21N5O/c1-23-11-9-22-18(23)16-6-3-10-24(13-16)19(25)15-5-2-4-14(12-15)17-20-7-8-21-17/h2,4-5,7-9,11-12,16H,3,6,10,13H2,1H3,(H,20,21)/t16-/m0/s1. The van der Waals surface area contributed by atoms with E-state index in [0.29, 0.717) is 18.0 Å². The summed E-state index contributed by atoms with van der Waals surface area (Å²) in [6.07, 6.45) is 9.35. The first-order valence-electron chi connectivity index (χ1n) is 8.58. The van der Waals surface area contributed by atoms with Crippen LogP contribution in [0.4, 0.5) is 0 Å². The predicted octanol–water partition coefficient (Wildman–Crippen LogP) is 2.83. The maximum absolute atomic E-state index is 13.0. The van der Waals surface area contributed by atoms with Gasteiger partial charge < -0.3 is 14.5 Å². The summed E-state index contributed by atoms with van der Waals surface area (Å²) >= 11 is 0. The van der Waals surface area contributed by atoms with Gasteiger partial charge in [0.2, 0.25) is 0 Å². The minimum Gasteiger partial charge on any atom is -0.345 e. The molecule has 1 N–H and O–H groups in total. The van der Waals surface area contributed by atoms with Gasteiger partial charge in [0.05, 0.1) is 0 Å². The second-order valence-electron chi connectivity index (χ2n) is 6.51. The molecule has 1 saturated heterocycles. The summed E-state index contributed by atoms with van der Waals surface area (Å²) in [6, 6.07) is 7.65. The summed E-state index contributed by atoms with van der Waals surface area (Å²) in [4.78, 5) is 26.8. The monoisotopic (exact) mass is 335 g/mol. The molecule has 128 valence electrons. The molecule has 6 nitrogen and oxygen atoms in total. The number of aromatic amines is 1. The van der Waals surface area contributed by atoms with Crippen LogP contribution >= 0.6 is 0 Å². The molecule has 0 unspecified atom stereocenters. The minimum atomic E-state index is 0.0762. The first-order chi connectivity index (χ1) is 12.2. The summed E-state index contributed by atoms with van der Waals surface area (Å²) in [7, 11) is 2.01. The highest BCUT2D eigenvalue weighted by Gasteiger charge is 2.27. The molecular weight excluding hydrogens is 314 g/mol. The van der Waals surface area contributed by atoms with Gasteiger partial charge in [-0.3, -0.25) is 4.79 Å². The van der Waals surface area contributed by atoms with Crippen LogP contribution < -0.4 is 0 Å². The lowest BCUT2D eigenvalue weighted by atomic mass is 9.96. The molecule has 6 heteroatoms. The predicted molar refractivity (Wildman–Crippen MR) is 95.1 cm³/mol. The van der Waals surface area contributed by atoms with Gasteiger partial charge in [-0.15, -0.1) is 0 Å². The van der Waals surface area contributed by atoms with Gasteiger partial charge in [0, 0.05) is 62.0 Å². The van der Waals surface area contributed by atoms with Crippen LogP contribution in [0.15, 0.2) is 49.1 Å². The van der Waals surface area contributed by atoms with Crippen molar-refractivity contribution in [1.29, 1.82) is 0 Å². The number of aryl methyl sites for hydroxylation is 1. The zero-order valence-electron chi connectivity index (χ0n) is 14.2. The number of aromatic nitrogens is 4. The van der Waals surface area contributed by atoms with Crippen LogP contribution in [-0.2, 0) is 7.05 Å². The maximum Gasteiger partial charge on any atom is 0.253 e. The van der Waals surface area contributed by atoms with E-state index in [0.717, 1.165) is 36.6 Å². The highest BCUT2D eigenvalue weighted by Crippen LogP contribution is 2.27. The molecular formula is C19H21N5O. The van der Waals surface area contributed by atoms with E-state index in [1.165, 1.54) is 0 Å². The van der Waals surface area contributed by atoms with E-state index >= 15 is 0 Å². The Morgan fingerprint density at radius 2 is 2.20 bits per heavy atom. The van der Waals surface area contributed by atoms with Crippen molar-refractivity contribution in [3.63, 3.8) is 0 Å². The molecule has 0 saturated carbocycles. The third-order valence-electron chi connectivity index (χ3n) is 4.81. The normalized spacial score (nSPS) is 17.6. The Labute approximate surface area is 146 Å². The molecule has 1 atom stereocenters. The van der Waals surface area contributed by atoms with Crippen LogP contribution in [0.25, 0.3) is 11.4 Å². The number of carbonyl (C=O) groups excluding carboxylic acids is 1. The number of nitrogens with zero attached hydrogens (tertiary/aromatic N) is 4. The molecule has 0 spiro atoms. The molecule has 3 heterocycles. The largest absolute Gasteiger partial charge is 0.345 e. The van der Waals surface area contributed by atoms with Crippen molar-refractivity contribution >= 4 is 5.91 Å². The Morgan fingerprint density at radius 1 is 1.28 bits per heavy atom. The number of imidazole rings is 2. The lowest BCUT2D eigenvalue weighted by Crippen LogP contribution is -2.39. The van der Waals surface area contributed by atoms with Gasteiger partial charge in [-0.2, -0.15) is 0 Å². The Hall–Kier alpha value is -2.89. The molecule has 4 rings (SSSR count). The van der Waals surface area contributed by atoms with E-state index < -0.39 is 0 Å². The summed E-state index contributed by atoms with van der Waals surface area (Å²) in [5.74, 6) is 2.21. The average molecular weight is 335 g/mol. The lowest BCUT2D eigenvalue weighted by molar-refractivity contribution is 0.0703. The number of hydrogen-bond acceptors (Lipinski definition) is 3. The van der Waals surface area contributed by atoms with Crippen molar-refractivity contribution in [1.82, 2.24) is 24.4 Å². The van der Waals surface area contributed by atoms with Crippen LogP contribution in [0, 0.1) is 0 Å². The number of hydrogen-bond donors (Lipinski definition) is 1. The molecule has 3 aromatic rings. The Morgan fingerprint density at radius 3 is 2.96 bits per heavy atom. The van der Waals surface area contributed by atoms with Gasteiger partial charge in [0.25, 0.3) is 5.91 Å². The summed E-state index contributed by atoms with van der Waals surface area (Å²) in [5.41, 5.74) is 1.63. The van der Waals surface area contributed by atoms with Crippen LogP contribution in [0.1, 0.15) is 34.9 Å². The van der Waals surface area contributed by atoms with E-state index in [4.69, 9.17) is 0 Å². The fourth-order valence-corrected chi connectivity index (χ4v) is 3.55. The van der Waals surface area contributed by atoms with Crippen molar-refractivity contribution < 1.29 is 4.79 Å². The lowest BCUT2D eigenvalue weighted by Gasteiger charge is -2.32. The third-order valence-corrected chi connectivity index (χ3v) is 4.81. The minimum absolute atomic E-state index is 0.0762. The summed E-state index contributed by atoms with van der Waals surface area (Å²) in [6.45, 7) is 1.51. The van der Waals surface area contributed by atoms with Crippen molar-refractivity contribution in [2.24, 2.45) is 7.05 Å². The third kappa shape index (κ3) is 3.07. The average Bonchev–Trinajstić information content (AvgIpc) is 3.33. The fraction of sp³-hybridized carbons (Fsp3) is 0.316. The van der Waals surface area contributed by atoms with Gasteiger partial charge in [0.15, 0.2) is 0 Å². The Kier molecular flexibility index (Phi) is 4.09. The highest BCUT2D eigenvalue weighted by molar-refractivity contribution is 5.95. The number of H-pyrrole nitrogens is 1. The molecule has 1 aliphatic heterocycles. The van der Waals surface area contributed by atoms with E-state index in [9.17, 15) is 4.79 Å². The van der Waals surface area contributed by atoms with E-state index in [-0.39, 0.29) is 5.91 Å². The molecule has 1 aromatic carbocycles. The van der Waals surface area contributed by atoms with Crippen LogP contribution in [0.3, 0.4) is 0 Å². The molecule has 0 aliphatic carbocycles. The quantitative estimate of drug-likeness (QED) is 0.800. The van der Waals surface area contributed by atoms with Gasteiger partial charge in [0.1, 0.15) is 11.6 Å². The molecule has 1 amide bonds. The van der Waals surface area contributed by atoms with E-state index in [2.05, 4.69) is 19.5 Å². The topological polar surface area (TPSA) is 66.8 Å². The summed E-state index contributed by atoms with van der Waals surface area (Å²) < 4.78 is 2.05. The maximum atomic E-state index is 13.0. The number of piperidine rings is 1. The van der Waals surface area contributed by atoms with Gasteiger partial charge in [-0.05, 0) is 25.0 Å². The van der Waals surface area contributed by atoms with Crippen LogP contribution in [0.2, 0.25) is 0 Å². The van der Waals surface area contributed by atoms with Gasteiger partial charge >= 0.3 is 0 Å². The SMILES string of the molecule is Cn1ccnc1[C@H]1CCCN(C(=O)c2cccc(-c3ncc[nH]3)c2)C1. The Balaban J connectivity index is 1.54. The first-order valence-corrected chi connectivity index (χ1v) is 8.58. The Bertz CT molecular complexity index is 868. The van der Waals surface area contributed by atoms with Crippen molar-refractivity contribution in [2.75, 3.05) is 13.1 Å². The molecule has 0 bridgehead atoms. The van der Waals surface area contributed by atoms with Gasteiger partial charge in [-0.25, -0.2) is 9.97 Å². The van der Waals surface area contributed by atoms with Crippen LogP contribution in [-0.4, -0.2) is 43.4 Å². The second-order valence-corrected chi connectivity index (χ2v) is 6.51. The summed E-state index contributed by atoms with van der Waals surface area (Å²) in [5, 5.41) is 0. The van der Waals surface area contributed by atoms with Crippen molar-refractivity contribution in [3.05, 3.63) is 60.4 Å². The first kappa shape index (κ1) is 15.6. The molecule has 1 fully saturated rings. The molecule has 25 heavy (non-hydrogen) atoms. The number of benzene rings is 1. The zero-order valence-corrected chi connectivity index (χ0v) is 14.2. The number of amides is 1. The second kappa shape index (κ2) is 6.55. The zero-order chi connectivity index (χ0) is 17.2. The highest BCUT2D eigenvalue weighted by atomic mass is 16.2.